The van der Waals surface area contributed by atoms with Gasteiger partial charge in [0.15, 0.2) is 0 Å². The van der Waals surface area contributed by atoms with Crippen LogP contribution >= 0.6 is 15.9 Å². The molecule has 0 spiro atoms. The first-order valence-electron chi connectivity index (χ1n) is 5.91. The Morgan fingerprint density at radius 3 is 2.75 bits per heavy atom. The molecule has 2 rings (SSSR count). The van der Waals surface area contributed by atoms with Gasteiger partial charge in [-0.2, -0.15) is 13.2 Å². The van der Waals surface area contributed by atoms with Gasteiger partial charge in [0.2, 0.25) is 0 Å². The number of hydrogen-bond acceptors (Lipinski definition) is 3. The highest BCUT2D eigenvalue weighted by atomic mass is 79.9. The molecule has 2 aromatic rings. The summed E-state index contributed by atoms with van der Waals surface area (Å²) in [5.74, 6) is 0. The zero-order valence-electron chi connectivity index (χ0n) is 10.4. The first kappa shape index (κ1) is 14.8. The molecule has 0 amide bonds. The van der Waals surface area contributed by atoms with E-state index in [4.69, 9.17) is 0 Å². The lowest BCUT2D eigenvalue weighted by Crippen LogP contribution is -2.13. The largest absolute Gasteiger partial charge is 0.418 e. The molecule has 1 aromatic heterocycles. The number of hydrogen-bond donors (Lipinski definition) is 1. The molecule has 0 saturated heterocycles. The fourth-order valence-electron chi connectivity index (χ4n) is 1.72. The van der Waals surface area contributed by atoms with Gasteiger partial charge in [-0.05, 0) is 24.6 Å². The predicted octanol–water partition coefficient (Wildman–Crippen LogP) is 3.56. The summed E-state index contributed by atoms with van der Waals surface area (Å²) in [6.45, 7) is 1.02. The van der Waals surface area contributed by atoms with Crippen LogP contribution < -0.4 is 5.32 Å². The Balaban J connectivity index is 1.95. The van der Waals surface area contributed by atoms with Crippen molar-refractivity contribution in [3.05, 3.63) is 40.6 Å². The Hall–Kier alpha value is -1.57. The molecule has 0 saturated carbocycles. The fourth-order valence-corrected chi connectivity index (χ4v) is 2.08. The van der Waals surface area contributed by atoms with Crippen LogP contribution in [0.15, 0.2) is 35.1 Å². The molecular formula is C12H12BrF3N4. The molecule has 0 unspecified atom stereocenters. The maximum atomic E-state index is 12.9. The van der Waals surface area contributed by atoms with E-state index < -0.39 is 11.7 Å². The molecule has 0 atom stereocenters. The second kappa shape index (κ2) is 6.25. The number of benzene rings is 1. The predicted molar refractivity (Wildman–Crippen MR) is 72.3 cm³/mol. The molecule has 0 aliphatic heterocycles. The van der Waals surface area contributed by atoms with E-state index in [9.17, 15) is 13.2 Å². The summed E-state index contributed by atoms with van der Waals surface area (Å²) in [7, 11) is 0. The third-order valence-electron chi connectivity index (χ3n) is 2.64. The maximum Gasteiger partial charge on any atom is 0.418 e. The summed E-state index contributed by atoms with van der Waals surface area (Å²) in [5.41, 5.74) is -0.591. The van der Waals surface area contributed by atoms with Crippen molar-refractivity contribution in [3.63, 3.8) is 0 Å². The van der Waals surface area contributed by atoms with Crippen LogP contribution in [0.3, 0.4) is 0 Å². The number of aryl methyl sites for hydroxylation is 1. The van der Waals surface area contributed by atoms with Crippen molar-refractivity contribution < 1.29 is 13.2 Å². The van der Waals surface area contributed by atoms with Crippen LogP contribution in [0.1, 0.15) is 12.0 Å². The van der Waals surface area contributed by atoms with E-state index >= 15 is 0 Å². The van der Waals surface area contributed by atoms with E-state index in [1.807, 2.05) is 0 Å². The second-order valence-electron chi connectivity index (χ2n) is 4.13. The minimum atomic E-state index is -4.38. The second-order valence-corrected chi connectivity index (χ2v) is 5.05. The van der Waals surface area contributed by atoms with Gasteiger partial charge >= 0.3 is 6.18 Å². The smallest absolute Gasteiger partial charge is 0.384 e. The quantitative estimate of drug-likeness (QED) is 0.840. The van der Waals surface area contributed by atoms with Gasteiger partial charge < -0.3 is 5.32 Å². The molecule has 0 radical (unpaired) electrons. The molecule has 0 aliphatic rings. The van der Waals surface area contributed by atoms with Crippen molar-refractivity contribution in [1.29, 1.82) is 0 Å². The van der Waals surface area contributed by atoms with Crippen molar-refractivity contribution in [1.82, 2.24) is 15.0 Å². The first-order chi connectivity index (χ1) is 9.47. The Morgan fingerprint density at radius 2 is 2.10 bits per heavy atom. The van der Waals surface area contributed by atoms with Crippen molar-refractivity contribution in [2.45, 2.75) is 19.1 Å². The molecule has 108 valence electrons. The van der Waals surface area contributed by atoms with E-state index in [1.165, 1.54) is 6.07 Å². The van der Waals surface area contributed by atoms with Gasteiger partial charge in [-0.1, -0.05) is 21.1 Å². The van der Waals surface area contributed by atoms with E-state index in [0.29, 0.717) is 24.0 Å². The van der Waals surface area contributed by atoms with Crippen LogP contribution in [0.4, 0.5) is 18.9 Å². The molecular weight excluding hydrogens is 337 g/mol. The average Bonchev–Trinajstić information content (AvgIpc) is 2.88. The van der Waals surface area contributed by atoms with Crippen LogP contribution in [0.25, 0.3) is 0 Å². The number of aromatic nitrogens is 3. The van der Waals surface area contributed by atoms with Crippen LogP contribution in [0, 0.1) is 0 Å². The molecule has 8 heteroatoms. The number of rotatable bonds is 5. The summed E-state index contributed by atoms with van der Waals surface area (Å²) >= 11 is 3.05. The highest BCUT2D eigenvalue weighted by Crippen LogP contribution is 2.36. The molecule has 1 N–H and O–H groups in total. The Kier molecular flexibility index (Phi) is 4.64. The van der Waals surface area contributed by atoms with Gasteiger partial charge in [-0.3, -0.25) is 4.68 Å². The van der Waals surface area contributed by atoms with Crippen LogP contribution in [0.5, 0.6) is 0 Å². The summed E-state index contributed by atoms with van der Waals surface area (Å²) in [5, 5.41) is 10.2. The number of nitrogens with zero attached hydrogens (tertiary/aromatic N) is 3. The highest BCUT2D eigenvalue weighted by molar-refractivity contribution is 9.10. The minimum Gasteiger partial charge on any atom is -0.384 e. The number of alkyl halides is 3. The maximum absolute atomic E-state index is 12.9. The zero-order chi connectivity index (χ0) is 14.6. The Bertz CT molecular complexity index is 554. The van der Waals surface area contributed by atoms with Crippen molar-refractivity contribution in [2.24, 2.45) is 0 Å². The standard InChI is InChI=1S/C12H12BrF3N4/c13-9-2-3-11(10(8-9)12(14,15)16)17-4-1-6-20-7-5-18-19-20/h2-3,5,7-8,17H,1,4,6H2. The van der Waals surface area contributed by atoms with Crippen molar-refractivity contribution in [3.8, 4) is 0 Å². The zero-order valence-corrected chi connectivity index (χ0v) is 11.9. The topological polar surface area (TPSA) is 42.7 Å². The number of nitrogens with one attached hydrogen (secondary N) is 1. The molecule has 0 aliphatic carbocycles. The van der Waals surface area contributed by atoms with Gasteiger partial charge in [0, 0.05) is 29.4 Å². The summed E-state index contributed by atoms with van der Waals surface area (Å²) in [6, 6.07) is 4.07. The molecule has 1 heterocycles. The van der Waals surface area contributed by atoms with Gasteiger partial charge in [0.25, 0.3) is 0 Å². The molecule has 1 aromatic carbocycles. The van der Waals surface area contributed by atoms with E-state index in [1.54, 1.807) is 23.1 Å². The average molecular weight is 349 g/mol. The fraction of sp³-hybridized carbons (Fsp3) is 0.333. The minimum absolute atomic E-state index is 0.0827. The lowest BCUT2D eigenvalue weighted by atomic mass is 10.1. The molecule has 20 heavy (non-hydrogen) atoms. The SMILES string of the molecule is FC(F)(F)c1cc(Br)ccc1NCCCn1ccnn1. The molecule has 4 nitrogen and oxygen atoms in total. The van der Waals surface area contributed by atoms with Crippen LogP contribution in [-0.2, 0) is 12.7 Å². The van der Waals surface area contributed by atoms with Gasteiger partial charge in [-0.15, -0.1) is 5.10 Å². The third-order valence-corrected chi connectivity index (χ3v) is 3.13. The summed E-state index contributed by atoms with van der Waals surface area (Å²) in [4.78, 5) is 0. The van der Waals surface area contributed by atoms with Crippen LogP contribution in [0.2, 0.25) is 0 Å². The summed E-state index contributed by atoms with van der Waals surface area (Å²) < 4.78 is 40.7. The van der Waals surface area contributed by atoms with E-state index in [2.05, 4.69) is 31.6 Å². The van der Waals surface area contributed by atoms with Gasteiger partial charge in [0.1, 0.15) is 0 Å². The van der Waals surface area contributed by atoms with Crippen molar-refractivity contribution in [2.75, 3.05) is 11.9 Å². The molecule has 0 bridgehead atoms. The van der Waals surface area contributed by atoms with Crippen LogP contribution in [-0.4, -0.2) is 21.5 Å². The lowest BCUT2D eigenvalue weighted by Gasteiger charge is -2.15. The number of anilines is 1. The molecule has 0 fully saturated rings. The monoisotopic (exact) mass is 348 g/mol. The third kappa shape index (κ3) is 3.96. The Morgan fingerprint density at radius 1 is 1.30 bits per heavy atom. The van der Waals surface area contributed by atoms with E-state index in [0.717, 1.165) is 6.07 Å². The lowest BCUT2D eigenvalue weighted by molar-refractivity contribution is -0.137. The normalized spacial score (nSPS) is 11.6. The first-order valence-corrected chi connectivity index (χ1v) is 6.71. The highest BCUT2D eigenvalue weighted by Gasteiger charge is 2.33. The van der Waals surface area contributed by atoms with Crippen molar-refractivity contribution >= 4 is 21.6 Å². The number of halogens is 4. The van der Waals surface area contributed by atoms with Gasteiger partial charge in [0.05, 0.1) is 11.8 Å². The Labute approximate surface area is 122 Å². The van der Waals surface area contributed by atoms with Gasteiger partial charge in [-0.25, -0.2) is 0 Å². The van der Waals surface area contributed by atoms with E-state index in [-0.39, 0.29) is 5.69 Å². The summed E-state index contributed by atoms with van der Waals surface area (Å²) in [6.07, 6.45) is -0.459.